The van der Waals surface area contributed by atoms with Gasteiger partial charge >= 0.3 is 12.0 Å². The van der Waals surface area contributed by atoms with E-state index in [1.54, 1.807) is 7.05 Å². The van der Waals surface area contributed by atoms with Crippen molar-refractivity contribution in [1.82, 2.24) is 10.2 Å². The first kappa shape index (κ1) is 15.7. The van der Waals surface area contributed by atoms with Gasteiger partial charge in [0.05, 0.1) is 0 Å². The highest BCUT2D eigenvalue weighted by molar-refractivity contribution is 5.74. The second-order valence-corrected chi connectivity index (χ2v) is 4.63. The quantitative estimate of drug-likeness (QED) is 0.719. The highest BCUT2D eigenvalue weighted by Gasteiger charge is 2.16. The van der Waals surface area contributed by atoms with Crippen molar-refractivity contribution in [1.29, 1.82) is 0 Å². The van der Waals surface area contributed by atoms with E-state index in [1.807, 2.05) is 6.92 Å². The molecule has 0 aromatic carbocycles. The Kier molecular flexibility index (Phi) is 7.34. The molecule has 0 aliphatic heterocycles. The van der Waals surface area contributed by atoms with E-state index in [9.17, 15) is 9.59 Å². The Morgan fingerprint density at radius 2 is 1.94 bits per heavy atom. The summed E-state index contributed by atoms with van der Waals surface area (Å²) in [7, 11) is 1.68. The summed E-state index contributed by atoms with van der Waals surface area (Å²) in [6.07, 6.45) is 1.48. The number of urea groups is 1. The van der Waals surface area contributed by atoms with Gasteiger partial charge in [0, 0.05) is 26.1 Å². The van der Waals surface area contributed by atoms with Crippen molar-refractivity contribution in [2.75, 3.05) is 13.6 Å². The Labute approximate surface area is 103 Å². The number of carboxylic acid groups (broad SMARTS) is 1. The lowest BCUT2D eigenvalue weighted by molar-refractivity contribution is -0.137. The molecule has 5 heteroatoms. The van der Waals surface area contributed by atoms with Crippen LogP contribution < -0.4 is 5.32 Å². The summed E-state index contributed by atoms with van der Waals surface area (Å²) >= 11 is 0. The first-order chi connectivity index (χ1) is 7.88. The van der Waals surface area contributed by atoms with Crippen molar-refractivity contribution in [3.05, 3.63) is 0 Å². The maximum atomic E-state index is 11.8. The van der Waals surface area contributed by atoms with Gasteiger partial charge in [-0.2, -0.15) is 0 Å². The zero-order valence-electron chi connectivity index (χ0n) is 11.2. The van der Waals surface area contributed by atoms with Gasteiger partial charge in [0.2, 0.25) is 0 Å². The number of hydrogen-bond donors (Lipinski definition) is 2. The fourth-order valence-electron chi connectivity index (χ4n) is 1.58. The summed E-state index contributed by atoms with van der Waals surface area (Å²) in [5.74, 6) is -0.427. The monoisotopic (exact) mass is 244 g/mol. The molecule has 0 heterocycles. The van der Waals surface area contributed by atoms with Crippen molar-refractivity contribution in [2.24, 2.45) is 5.92 Å². The van der Waals surface area contributed by atoms with E-state index in [1.165, 1.54) is 4.90 Å². The summed E-state index contributed by atoms with van der Waals surface area (Å²) in [6, 6.07) is 0.0420. The molecule has 1 atom stereocenters. The second-order valence-electron chi connectivity index (χ2n) is 4.63. The molecule has 0 aromatic rings. The molecule has 0 radical (unpaired) electrons. The van der Waals surface area contributed by atoms with Crippen molar-refractivity contribution >= 4 is 12.0 Å². The Morgan fingerprint density at radius 3 is 2.35 bits per heavy atom. The lowest BCUT2D eigenvalue weighted by Gasteiger charge is -2.25. The minimum absolute atomic E-state index is 0.0962. The molecular formula is C12H24N2O3. The predicted molar refractivity (Wildman–Crippen MR) is 66.9 cm³/mol. The van der Waals surface area contributed by atoms with Crippen LogP contribution in [0.2, 0.25) is 0 Å². The number of aliphatic carboxylic acids is 1. The van der Waals surface area contributed by atoms with Gasteiger partial charge in [-0.05, 0) is 18.8 Å². The minimum atomic E-state index is -0.826. The molecule has 17 heavy (non-hydrogen) atoms. The van der Waals surface area contributed by atoms with E-state index in [0.717, 1.165) is 6.42 Å². The van der Waals surface area contributed by atoms with Gasteiger partial charge in [-0.3, -0.25) is 4.79 Å². The van der Waals surface area contributed by atoms with Crippen molar-refractivity contribution in [3.63, 3.8) is 0 Å². The Morgan fingerprint density at radius 1 is 1.35 bits per heavy atom. The average Bonchev–Trinajstić information content (AvgIpc) is 2.24. The number of carboxylic acids is 1. The molecule has 0 spiro atoms. The lowest BCUT2D eigenvalue weighted by Crippen LogP contribution is -2.45. The third-order valence-electron chi connectivity index (χ3n) is 2.78. The van der Waals surface area contributed by atoms with Gasteiger partial charge in [-0.15, -0.1) is 0 Å². The smallest absolute Gasteiger partial charge is 0.317 e. The molecule has 0 aliphatic rings. The largest absolute Gasteiger partial charge is 0.481 e. The van der Waals surface area contributed by atoms with Gasteiger partial charge in [0.25, 0.3) is 0 Å². The average molecular weight is 244 g/mol. The zero-order chi connectivity index (χ0) is 13.4. The molecule has 0 aliphatic carbocycles. The van der Waals surface area contributed by atoms with Gasteiger partial charge in [0.1, 0.15) is 0 Å². The van der Waals surface area contributed by atoms with Crippen LogP contribution >= 0.6 is 0 Å². The molecule has 0 bridgehead atoms. The van der Waals surface area contributed by atoms with Crippen LogP contribution in [0, 0.1) is 5.92 Å². The summed E-state index contributed by atoms with van der Waals surface area (Å²) < 4.78 is 0. The van der Waals surface area contributed by atoms with Crippen LogP contribution in [0.25, 0.3) is 0 Å². The third kappa shape index (κ3) is 6.81. The summed E-state index contributed by atoms with van der Waals surface area (Å²) in [5, 5.41) is 11.4. The fourth-order valence-corrected chi connectivity index (χ4v) is 1.58. The number of carbonyl (C=O) groups excluding carboxylic acids is 1. The standard InChI is InChI=1S/C12H24N2O3/c1-5-10(9(2)3)13-12(17)14(4)8-6-7-11(15)16/h9-10H,5-8H2,1-4H3,(H,13,17)(H,15,16). The number of hydrogen-bond acceptors (Lipinski definition) is 2. The second kappa shape index (κ2) is 7.92. The van der Waals surface area contributed by atoms with Crippen LogP contribution in [0.15, 0.2) is 0 Å². The number of rotatable bonds is 7. The molecule has 2 amide bonds. The SMILES string of the molecule is CCC(NC(=O)N(C)CCCC(=O)O)C(C)C. The molecule has 5 nitrogen and oxygen atoms in total. The number of nitrogens with zero attached hydrogens (tertiary/aromatic N) is 1. The first-order valence-corrected chi connectivity index (χ1v) is 6.11. The molecule has 0 rings (SSSR count). The van der Waals surface area contributed by atoms with Crippen molar-refractivity contribution in [2.45, 2.75) is 46.1 Å². The third-order valence-corrected chi connectivity index (χ3v) is 2.78. The van der Waals surface area contributed by atoms with Crippen LogP contribution in [0.3, 0.4) is 0 Å². The summed E-state index contributed by atoms with van der Waals surface area (Å²) in [6.45, 7) is 6.64. The van der Waals surface area contributed by atoms with E-state index >= 15 is 0 Å². The van der Waals surface area contributed by atoms with E-state index in [-0.39, 0.29) is 18.5 Å². The summed E-state index contributed by atoms with van der Waals surface area (Å²) in [4.78, 5) is 23.6. The molecule has 0 saturated carbocycles. The van der Waals surface area contributed by atoms with Crippen molar-refractivity contribution < 1.29 is 14.7 Å². The van der Waals surface area contributed by atoms with Gasteiger partial charge in [-0.25, -0.2) is 4.79 Å². The lowest BCUT2D eigenvalue weighted by atomic mass is 10.0. The predicted octanol–water partition coefficient (Wildman–Crippen LogP) is 1.93. The first-order valence-electron chi connectivity index (χ1n) is 6.11. The Hall–Kier alpha value is -1.26. The summed E-state index contributed by atoms with van der Waals surface area (Å²) in [5.41, 5.74) is 0. The van der Waals surface area contributed by atoms with Crippen LogP contribution in [0.5, 0.6) is 0 Å². The normalized spacial score (nSPS) is 12.3. The molecule has 100 valence electrons. The molecule has 2 N–H and O–H groups in total. The highest BCUT2D eigenvalue weighted by atomic mass is 16.4. The minimum Gasteiger partial charge on any atom is -0.481 e. The van der Waals surface area contributed by atoms with E-state index in [0.29, 0.717) is 18.9 Å². The van der Waals surface area contributed by atoms with Crippen LogP contribution in [-0.2, 0) is 4.79 Å². The van der Waals surface area contributed by atoms with Crippen LogP contribution in [-0.4, -0.2) is 41.6 Å². The molecule has 0 fully saturated rings. The molecule has 1 unspecified atom stereocenters. The Bertz CT molecular complexity index is 254. The number of nitrogens with one attached hydrogen (secondary N) is 1. The molecule has 0 aromatic heterocycles. The van der Waals surface area contributed by atoms with Gasteiger partial charge in [-0.1, -0.05) is 20.8 Å². The van der Waals surface area contributed by atoms with Gasteiger partial charge < -0.3 is 15.3 Å². The maximum absolute atomic E-state index is 11.8. The maximum Gasteiger partial charge on any atom is 0.317 e. The number of carbonyl (C=O) groups is 2. The Balaban J connectivity index is 3.99. The molecular weight excluding hydrogens is 220 g/mol. The fraction of sp³-hybridized carbons (Fsp3) is 0.833. The topological polar surface area (TPSA) is 69.6 Å². The molecule has 0 saturated heterocycles. The highest BCUT2D eigenvalue weighted by Crippen LogP contribution is 2.06. The van der Waals surface area contributed by atoms with E-state index in [2.05, 4.69) is 19.2 Å². The zero-order valence-corrected chi connectivity index (χ0v) is 11.2. The number of amides is 2. The van der Waals surface area contributed by atoms with Crippen molar-refractivity contribution in [3.8, 4) is 0 Å². The van der Waals surface area contributed by atoms with E-state index in [4.69, 9.17) is 5.11 Å². The van der Waals surface area contributed by atoms with Crippen LogP contribution in [0.1, 0.15) is 40.0 Å². The van der Waals surface area contributed by atoms with Gasteiger partial charge in [0.15, 0.2) is 0 Å². The van der Waals surface area contributed by atoms with E-state index < -0.39 is 5.97 Å². The van der Waals surface area contributed by atoms with Crippen LogP contribution in [0.4, 0.5) is 4.79 Å².